The minimum atomic E-state index is -4.48. The Labute approximate surface area is 221 Å². The molecular formula is C28H23F4NO5S. The second-order valence-electron chi connectivity index (χ2n) is 9.26. The molecule has 204 valence electrons. The summed E-state index contributed by atoms with van der Waals surface area (Å²) in [4.78, 5) is 13.0. The van der Waals surface area contributed by atoms with Crippen molar-refractivity contribution < 1.29 is 39.9 Å². The minimum Gasteiger partial charge on any atom is -0.457 e. The summed E-state index contributed by atoms with van der Waals surface area (Å²) in [7, 11) is -4.10. The number of sulfonamides is 1. The van der Waals surface area contributed by atoms with E-state index < -0.39 is 33.6 Å². The summed E-state index contributed by atoms with van der Waals surface area (Å²) in [6, 6.07) is 15.3. The highest BCUT2D eigenvalue weighted by Crippen LogP contribution is 2.33. The predicted molar refractivity (Wildman–Crippen MR) is 134 cm³/mol. The van der Waals surface area contributed by atoms with Crippen molar-refractivity contribution in [1.29, 1.82) is 0 Å². The van der Waals surface area contributed by atoms with Gasteiger partial charge in [0.2, 0.25) is 5.09 Å². The Morgan fingerprint density at radius 1 is 1.00 bits per heavy atom. The number of hydrogen-bond donors (Lipinski definition) is 0. The van der Waals surface area contributed by atoms with E-state index in [2.05, 4.69) is 0 Å². The van der Waals surface area contributed by atoms with Crippen molar-refractivity contribution in [3.8, 4) is 11.5 Å². The Hall–Kier alpha value is -3.70. The van der Waals surface area contributed by atoms with Gasteiger partial charge in [0.05, 0.1) is 11.6 Å². The number of carbonyl (C=O) groups excluding carboxylic acids is 1. The molecule has 0 unspecified atom stereocenters. The molecule has 1 aromatic heterocycles. The predicted octanol–water partition coefficient (Wildman–Crippen LogP) is 6.74. The molecule has 2 heterocycles. The van der Waals surface area contributed by atoms with Gasteiger partial charge in [0, 0.05) is 24.4 Å². The fourth-order valence-corrected chi connectivity index (χ4v) is 6.24. The largest absolute Gasteiger partial charge is 0.457 e. The van der Waals surface area contributed by atoms with E-state index in [1.165, 1.54) is 36.4 Å². The Morgan fingerprint density at radius 2 is 1.77 bits per heavy atom. The summed E-state index contributed by atoms with van der Waals surface area (Å²) in [6.07, 6.45) is -3.13. The molecule has 0 spiro atoms. The molecule has 1 aliphatic rings. The summed E-state index contributed by atoms with van der Waals surface area (Å²) >= 11 is 0. The maximum atomic E-state index is 13.5. The Balaban J connectivity index is 1.22. The third kappa shape index (κ3) is 5.84. The van der Waals surface area contributed by atoms with E-state index in [1.54, 1.807) is 24.3 Å². The van der Waals surface area contributed by atoms with Gasteiger partial charge in [0.1, 0.15) is 22.9 Å². The third-order valence-corrected chi connectivity index (χ3v) is 8.34. The smallest absolute Gasteiger partial charge is 0.416 e. The maximum Gasteiger partial charge on any atom is 0.416 e. The van der Waals surface area contributed by atoms with Crippen LogP contribution >= 0.6 is 0 Å². The summed E-state index contributed by atoms with van der Waals surface area (Å²) in [5.41, 5.74) is 0.205. The van der Waals surface area contributed by atoms with E-state index in [0.29, 0.717) is 30.4 Å². The number of carbonyl (C=O) groups is 1. The van der Waals surface area contributed by atoms with Crippen molar-refractivity contribution in [1.82, 2.24) is 4.31 Å². The highest BCUT2D eigenvalue weighted by molar-refractivity contribution is 7.89. The van der Waals surface area contributed by atoms with E-state index in [-0.39, 0.29) is 35.2 Å². The van der Waals surface area contributed by atoms with Gasteiger partial charge in [-0.25, -0.2) is 12.8 Å². The van der Waals surface area contributed by atoms with Crippen molar-refractivity contribution in [2.24, 2.45) is 0 Å². The van der Waals surface area contributed by atoms with Gasteiger partial charge in [-0.15, -0.1) is 0 Å². The molecule has 1 aliphatic heterocycles. The molecule has 3 aromatic carbocycles. The molecule has 4 aromatic rings. The first-order valence-corrected chi connectivity index (χ1v) is 13.6. The van der Waals surface area contributed by atoms with Crippen LogP contribution < -0.4 is 4.74 Å². The summed E-state index contributed by atoms with van der Waals surface area (Å²) in [5.74, 6) is -0.368. The zero-order valence-electron chi connectivity index (χ0n) is 20.4. The molecule has 11 heteroatoms. The SMILES string of the molecule is O=C(CCc1ccc(Oc2cccc(C(F)(F)F)c2)cc1)[C@@H]1CCCN1S(=O)(=O)c1cc2cc(F)ccc2o1. The first-order chi connectivity index (χ1) is 18.5. The first kappa shape index (κ1) is 26.9. The minimum absolute atomic E-state index is 0.0462. The van der Waals surface area contributed by atoms with Gasteiger partial charge in [-0.2, -0.15) is 17.5 Å². The van der Waals surface area contributed by atoms with Gasteiger partial charge in [-0.3, -0.25) is 4.79 Å². The lowest BCUT2D eigenvalue weighted by Crippen LogP contribution is -2.40. The van der Waals surface area contributed by atoms with Gasteiger partial charge in [0.25, 0.3) is 10.0 Å². The van der Waals surface area contributed by atoms with Gasteiger partial charge >= 0.3 is 6.18 Å². The zero-order valence-corrected chi connectivity index (χ0v) is 21.3. The van der Waals surface area contributed by atoms with Crippen LogP contribution in [0.15, 0.2) is 82.3 Å². The van der Waals surface area contributed by atoms with Gasteiger partial charge in [0.15, 0.2) is 5.78 Å². The molecule has 1 atom stereocenters. The average molecular weight is 562 g/mol. The molecule has 0 amide bonds. The number of benzene rings is 3. The van der Waals surface area contributed by atoms with E-state index in [9.17, 15) is 30.8 Å². The summed E-state index contributed by atoms with van der Waals surface area (Å²) in [5, 5.41) is -0.0182. The zero-order chi connectivity index (χ0) is 27.8. The molecule has 0 N–H and O–H groups in total. The normalized spacial score (nSPS) is 16.6. The van der Waals surface area contributed by atoms with Crippen LogP contribution in [0.2, 0.25) is 0 Å². The molecule has 0 aliphatic carbocycles. The van der Waals surface area contributed by atoms with E-state index in [1.807, 2.05) is 0 Å². The lowest BCUT2D eigenvalue weighted by Gasteiger charge is -2.21. The van der Waals surface area contributed by atoms with Crippen LogP contribution in [-0.4, -0.2) is 31.1 Å². The highest BCUT2D eigenvalue weighted by Gasteiger charge is 2.40. The molecule has 39 heavy (non-hydrogen) atoms. The maximum absolute atomic E-state index is 13.5. The Kier molecular flexibility index (Phi) is 7.21. The van der Waals surface area contributed by atoms with E-state index in [0.717, 1.165) is 22.0 Å². The topological polar surface area (TPSA) is 76.8 Å². The van der Waals surface area contributed by atoms with Crippen LogP contribution in [0, 0.1) is 5.82 Å². The fraction of sp³-hybridized carbons (Fsp3) is 0.250. The average Bonchev–Trinajstić information content (AvgIpc) is 3.56. The standard InChI is InChI=1S/C28H23F4NO5S/c29-21-9-13-26-19(15-21)16-27(38-26)39(35,36)33-14-2-5-24(33)25(34)12-8-18-6-10-22(11-7-18)37-23-4-1-3-20(17-23)28(30,31)32/h1,3-4,6-7,9-11,13,15-17,24H,2,5,8,12,14H2/t24-/m0/s1. The Morgan fingerprint density at radius 3 is 2.51 bits per heavy atom. The number of ketones is 1. The summed E-state index contributed by atoms with van der Waals surface area (Å²) < 4.78 is 90.9. The van der Waals surface area contributed by atoms with Crippen LogP contribution in [0.25, 0.3) is 11.0 Å². The molecule has 0 radical (unpaired) electrons. The summed E-state index contributed by atoms with van der Waals surface area (Å²) in [6.45, 7) is 0.172. The second-order valence-corrected chi connectivity index (χ2v) is 11.1. The monoisotopic (exact) mass is 561 g/mol. The molecule has 0 saturated carbocycles. The number of fused-ring (bicyclic) bond motifs is 1. The molecule has 5 rings (SSSR count). The molecular weight excluding hydrogens is 538 g/mol. The number of nitrogens with zero attached hydrogens (tertiary/aromatic N) is 1. The van der Waals surface area contributed by atoms with Crippen LogP contribution in [-0.2, 0) is 27.4 Å². The lowest BCUT2D eigenvalue weighted by molar-refractivity contribution is -0.137. The van der Waals surface area contributed by atoms with E-state index in [4.69, 9.17) is 9.15 Å². The molecule has 0 bridgehead atoms. The van der Waals surface area contributed by atoms with Crippen molar-refractivity contribution in [2.75, 3.05) is 6.54 Å². The Bertz CT molecular complexity index is 1610. The molecule has 1 fully saturated rings. The quantitative estimate of drug-likeness (QED) is 0.223. The lowest BCUT2D eigenvalue weighted by atomic mass is 10.0. The number of ether oxygens (including phenoxy) is 1. The number of hydrogen-bond acceptors (Lipinski definition) is 5. The fourth-order valence-electron chi connectivity index (χ4n) is 4.61. The third-order valence-electron chi connectivity index (χ3n) is 6.57. The van der Waals surface area contributed by atoms with Crippen LogP contribution in [0.5, 0.6) is 11.5 Å². The number of halogens is 4. The number of rotatable bonds is 8. The van der Waals surface area contributed by atoms with Gasteiger partial charge in [-0.1, -0.05) is 18.2 Å². The van der Waals surface area contributed by atoms with Gasteiger partial charge < -0.3 is 9.15 Å². The van der Waals surface area contributed by atoms with Crippen LogP contribution in [0.4, 0.5) is 17.6 Å². The van der Waals surface area contributed by atoms with Crippen molar-refractivity contribution in [2.45, 2.75) is 43.0 Å². The van der Waals surface area contributed by atoms with Crippen molar-refractivity contribution in [3.63, 3.8) is 0 Å². The van der Waals surface area contributed by atoms with Crippen molar-refractivity contribution >= 4 is 26.8 Å². The molecule has 1 saturated heterocycles. The van der Waals surface area contributed by atoms with Crippen LogP contribution in [0.1, 0.15) is 30.4 Å². The number of furan rings is 1. The number of aryl methyl sites for hydroxylation is 1. The van der Waals surface area contributed by atoms with Gasteiger partial charge in [-0.05, 0) is 73.4 Å². The number of alkyl halides is 3. The highest BCUT2D eigenvalue weighted by atomic mass is 32.2. The number of Topliss-reactive ketones (excluding diaryl/α,β-unsaturated/α-hetero) is 1. The van der Waals surface area contributed by atoms with Crippen LogP contribution in [0.3, 0.4) is 0 Å². The van der Waals surface area contributed by atoms with Crippen molar-refractivity contribution in [3.05, 3.63) is 89.7 Å². The molecule has 6 nitrogen and oxygen atoms in total. The second kappa shape index (κ2) is 10.5. The first-order valence-electron chi connectivity index (χ1n) is 12.2. The van der Waals surface area contributed by atoms with E-state index >= 15 is 0 Å².